The molecule has 4 aromatic rings. The average Bonchev–Trinajstić information content (AvgIpc) is 2.90. The summed E-state index contributed by atoms with van der Waals surface area (Å²) in [5.41, 5.74) is 13.7. The van der Waals surface area contributed by atoms with E-state index in [0.29, 0.717) is 44.9 Å². The Bertz CT molecular complexity index is 1390. The first kappa shape index (κ1) is 25.1. The number of amidine groups is 1. The molecule has 4 N–H and O–H groups in total. The molecule has 0 saturated heterocycles. The molecule has 0 fully saturated rings. The second kappa shape index (κ2) is 11.5. The van der Waals surface area contributed by atoms with Gasteiger partial charge in [0.2, 0.25) is 5.91 Å². The van der Waals surface area contributed by atoms with Crippen LogP contribution in [0.5, 0.6) is 0 Å². The fraction of sp³-hybridized carbons (Fsp3) is 0.0370. The summed E-state index contributed by atoms with van der Waals surface area (Å²) in [6.07, 6.45) is 3.23. The van der Waals surface area contributed by atoms with E-state index in [1.807, 2.05) is 0 Å². The Morgan fingerprint density at radius 3 is 2.26 bits per heavy atom. The molecule has 0 aliphatic rings. The average molecular weight is 472 g/mol. The van der Waals surface area contributed by atoms with Crippen LogP contribution in [0.25, 0.3) is 22.3 Å². The number of hydrogen-bond acceptors (Lipinski definition) is 4. The second-order valence-electron chi connectivity index (χ2n) is 7.11. The molecule has 0 spiro atoms. The summed E-state index contributed by atoms with van der Waals surface area (Å²) in [6, 6.07) is 19.3. The van der Waals surface area contributed by atoms with Crippen LogP contribution in [0.2, 0.25) is 0 Å². The molecular formula is C27H23F2N5O. The Morgan fingerprint density at radius 2 is 1.60 bits per heavy atom. The SMILES string of the molecule is C=NC(=Nc1cc(-c2ccc(F)c(F)c2)ccc1-c1ccccc1C(N)=O)c1cccnc1.CN. The number of nitrogens with zero attached hydrogens (tertiary/aromatic N) is 3. The third-order valence-corrected chi connectivity index (χ3v) is 5.03. The quantitative estimate of drug-likeness (QED) is 0.311. The van der Waals surface area contributed by atoms with Crippen molar-refractivity contribution < 1.29 is 13.6 Å². The van der Waals surface area contributed by atoms with Crippen LogP contribution in [0.15, 0.2) is 95.2 Å². The maximum atomic E-state index is 13.9. The van der Waals surface area contributed by atoms with Gasteiger partial charge in [-0.2, -0.15) is 0 Å². The number of halogens is 2. The van der Waals surface area contributed by atoms with E-state index in [9.17, 15) is 13.6 Å². The van der Waals surface area contributed by atoms with Crippen molar-refractivity contribution in [2.75, 3.05) is 7.05 Å². The second-order valence-corrected chi connectivity index (χ2v) is 7.11. The number of aromatic nitrogens is 1. The monoisotopic (exact) mass is 471 g/mol. The van der Waals surface area contributed by atoms with Gasteiger partial charge in [-0.15, -0.1) is 0 Å². The van der Waals surface area contributed by atoms with Crippen molar-refractivity contribution in [3.8, 4) is 22.3 Å². The first-order chi connectivity index (χ1) is 17.0. The number of primary amides is 1. The number of rotatable bonds is 5. The first-order valence-corrected chi connectivity index (χ1v) is 10.5. The van der Waals surface area contributed by atoms with Crippen molar-refractivity contribution in [3.05, 3.63) is 108 Å². The molecule has 0 saturated carbocycles. The van der Waals surface area contributed by atoms with Crippen molar-refractivity contribution in [1.29, 1.82) is 0 Å². The van der Waals surface area contributed by atoms with E-state index in [2.05, 4.69) is 27.4 Å². The zero-order valence-electron chi connectivity index (χ0n) is 19.0. The van der Waals surface area contributed by atoms with Crippen molar-refractivity contribution in [2.45, 2.75) is 0 Å². The third kappa shape index (κ3) is 5.69. The van der Waals surface area contributed by atoms with Crippen LogP contribution in [-0.4, -0.2) is 30.5 Å². The number of aliphatic imine (C=N–C) groups is 2. The Kier molecular flexibility index (Phi) is 8.26. The molecular weight excluding hydrogens is 448 g/mol. The van der Waals surface area contributed by atoms with Gasteiger partial charge >= 0.3 is 0 Å². The number of nitrogens with two attached hydrogens (primary N) is 2. The number of hydrogen-bond donors (Lipinski definition) is 2. The summed E-state index contributed by atoms with van der Waals surface area (Å²) >= 11 is 0. The van der Waals surface area contributed by atoms with Crippen LogP contribution in [0.3, 0.4) is 0 Å². The Balaban J connectivity index is 0.00000167. The lowest BCUT2D eigenvalue weighted by atomic mass is 9.95. The lowest BCUT2D eigenvalue weighted by molar-refractivity contribution is 0.100. The van der Waals surface area contributed by atoms with Gasteiger partial charge in [-0.3, -0.25) is 9.78 Å². The van der Waals surface area contributed by atoms with Gasteiger partial charge in [0.15, 0.2) is 17.5 Å². The van der Waals surface area contributed by atoms with Crippen molar-refractivity contribution >= 4 is 24.1 Å². The van der Waals surface area contributed by atoms with E-state index in [1.54, 1.807) is 67.0 Å². The molecule has 0 aliphatic heterocycles. The van der Waals surface area contributed by atoms with Gasteiger partial charge in [-0.05, 0) is 66.9 Å². The first-order valence-electron chi connectivity index (χ1n) is 10.5. The largest absolute Gasteiger partial charge is 0.366 e. The van der Waals surface area contributed by atoms with E-state index in [-0.39, 0.29) is 0 Å². The highest BCUT2D eigenvalue weighted by molar-refractivity contribution is 6.05. The number of carbonyl (C=O) groups excluding carboxylic acids is 1. The molecule has 6 nitrogen and oxygen atoms in total. The zero-order valence-corrected chi connectivity index (χ0v) is 19.0. The van der Waals surface area contributed by atoms with Gasteiger partial charge in [-0.25, -0.2) is 18.8 Å². The Morgan fingerprint density at radius 1 is 0.886 bits per heavy atom. The minimum absolute atomic E-state index is 0.309. The highest BCUT2D eigenvalue weighted by Crippen LogP contribution is 2.37. The predicted octanol–water partition coefficient (Wildman–Crippen LogP) is 5.15. The summed E-state index contributed by atoms with van der Waals surface area (Å²) in [7, 11) is 1.50. The lowest BCUT2D eigenvalue weighted by Gasteiger charge is -2.13. The van der Waals surface area contributed by atoms with E-state index >= 15 is 0 Å². The molecule has 3 aromatic carbocycles. The number of amides is 1. The van der Waals surface area contributed by atoms with Gasteiger partial charge in [0.25, 0.3) is 0 Å². The van der Waals surface area contributed by atoms with Crippen molar-refractivity contribution in [2.24, 2.45) is 21.5 Å². The smallest absolute Gasteiger partial charge is 0.249 e. The summed E-state index contributed by atoms with van der Waals surface area (Å²) in [5.74, 6) is -2.16. The van der Waals surface area contributed by atoms with Gasteiger partial charge in [-0.1, -0.05) is 36.4 Å². The number of benzene rings is 3. The summed E-state index contributed by atoms with van der Waals surface area (Å²) in [4.78, 5) is 24.8. The van der Waals surface area contributed by atoms with Gasteiger partial charge < -0.3 is 11.5 Å². The molecule has 0 radical (unpaired) electrons. The minimum Gasteiger partial charge on any atom is -0.366 e. The summed E-state index contributed by atoms with van der Waals surface area (Å²) in [5, 5.41) is 0. The number of pyridine rings is 1. The van der Waals surface area contributed by atoms with Crippen LogP contribution in [-0.2, 0) is 0 Å². The Labute approximate surface area is 201 Å². The fourth-order valence-electron chi connectivity index (χ4n) is 3.44. The van der Waals surface area contributed by atoms with Crippen LogP contribution in [0, 0.1) is 11.6 Å². The minimum atomic E-state index is -0.954. The maximum absolute atomic E-state index is 13.9. The van der Waals surface area contributed by atoms with Crippen LogP contribution in [0.4, 0.5) is 14.5 Å². The predicted molar refractivity (Wildman–Crippen MR) is 136 cm³/mol. The van der Waals surface area contributed by atoms with Gasteiger partial charge in [0.05, 0.1) is 5.69 Å². The molecule has 0 bridgehead atoms. The van der Waals surface area contributed by atoms with Crippen LogP contribution in [0.1, 0.15) is 15.9 Å². The molecule has 35 heavy (non-hydrogen) atoms. The van der Waals surface area contributed by atoms with Crippen LogP contribution >= 0.6 is 0 Å². The molecule has 1 aromatic heterocycles. The fourth-order valence-corrected chi connectivity index (χ4v) is 3.44. The van der Waals surface area contributed by atoms with E-state index in [1.165, 1.54) is 13.1 Å². The molecule has 0 atom stereocenters. The lowest BCUT2D eigenvalue weighted by Crippen LogP contribution is -2.12. The number of carbonyl (C=O) groups is 1. The van der Waals surface area contributed by atoms with Crippen LogP contribution < -0.4 is 11.5 Å². The van der Waals surface area contributed by atoms with Crippen molar-refractivity contribution in [3.63, 3.8) is 0 Å². The molecule has 1 amide bonds. The zero-order chi connectivity index (χ0) is 25.4. The van der Waals surface area contributed by atoms with E-state index in [4.69, 9.17) is 5.73 Å². The highest BCUT2D eigenvalue weighted by atomic mass is 19.2. The van der Waals surface area contributed by atoms with E-state index in [0.717, 1.165) is 12.1 Å². The molecule has 176 valence electrons. The Hall–Kier alpha value is -4.56. The standard InChI is InChI=1S/C26H18F2N4O.CH5N/c1-30-26(18-5-4-12-31-15-18)32-24-14-17(16-9-11-22(27)23(28)13-16)8-10-20(24)19-6-2-3-7-21(19)25(29)33;1-2/h2-15H,1H2,(H2,29,33);2H2,1H3. The molecule has 0 unspecified atom stereocenters. The normalized spacial score (nSPS) is 10.8. The maximum Gasteiger partial charge on any atom is 0.249 e. The molecule has 1 heterocycles. The molecule has 4 rings (SSSR count). The molecule has 8 heteroatoms. The van der Waals surface area contributed by atoms with Crippen molar-refractivity contribution in [1.82, 2.24) is 4.98 Å². The third-order valence-electron chi connectivity index (χ3n) is 5.03. The summed E-state index contributed by atoms with van der Waals surface area (Å²) in [6.45, 7) is 3.61. The van der Waals surface area contributed by atoms with Gasteiger partial charge in [0.1, 0.15) is 0 Å². The summed E-state index contributed by atoms with van der Waals surface area (Å²) < 4.78 is 27.3. The van der Waals surface area contributed by atoms with Gasteiger partial charge in [0, 0.05) is 29.1 Å². The molecule has 0 aliphatic carbocycles. The highest BCUT2D eigenvalue weighted by Gasteiger charge is 2.15. The van der Waals surface area contributed by atoms with E-state index < -0.39 is 17.5 Å². The topological polar surface area (TPSA) is 107 Å².